The highest BCUT2D eigenvalue weighted by atomic mass is 16.5. The van der Waals surface area contributed by atoms with Crippen molar-refractivity contribution in [1.82, 2.24) is 0 Å². The monoisotopic (exact) mass is 198 g/mol. The fourth-order valence-corrected chi connectivity index (χ4v) is 1.01. The van der Waals surface area contributed by atoms with E-state index in [0.29, 0.717) is 13.0 Å². The van der Waals surface area contributed by atoms with Crippen molar-refractivity contribution >= 4 is 11.8 Å². The quantitative estimate of drug-likeness (QED) is 0.465. The zero-order valence-electron chi connectivity index (χ0n) is 8.97. The predicted octanol–water partition coefficient (Wildman–Crippen LogP) is 2.26. The van der Waals surface area contributed by atoms with Crippen LogP contribution in [0.2, 0.25) is 0 Å². The zero-order chi connectivity index (χ0) is 11.0. The van der Waals surface area contributed by atoms with Crippen LogP contribution in [0.5, 0.6) is 0 Å². The van der Waals surface area contributed by atoms with Crippen molar-refractivity contribution in [1.29, 1.82) is 0 Å². The Hall–Kier alpha value is -1.12. The minimum atomic E-state index is -0.461. The summed E-state index contributed by atoms with van der Waals surface area (Å²) in [6.07, 6.45) is 2.50. The molecule has 0 unspecified atom stereocenters. The highest BCUT2D eigenvalue weighted by Gasteiger charge is 2.11. The van der Waals surface area contributed by atoms with Gasteiger partial charge in [0, 0.05) is 18.4 Å². The minimum Gasteiger partial charge on any atom is -0.463 e. The van der Waals surface area contributed by atoms with Crippen molar-refractivity contribution in [2.75, 3.05) is 6.61 Å². The maximum Gasteiger partial charge on any atom is 0.333 e. The molecule has 0 aliphatic carbocycles. The molecule has 0 radical (unpaired) electrons. The smallest absolute Gasteiger partial charge is 0.333 e. The van der Waals surface area contributed by atoms with Gasteiger partial charge >= 0.3 is 5.97 Å². The van der Waals surface area contributed by atoms with Gasteiger partial charge in [-0.3, -0.25) is 4.79 Å². The Labute approximate surface area is 85.1 Å². The van der Waals surface area contributed by atoms with Gasteiger partial charge < -0.3 is 4.74 Å². The van der Waals surface area contributed by atoms with Gasteiger partial charge in [0.1, 0.15) is 5.78 Å². The van der Waals surface area contributed by atoms with Gasteiger partial charge in [0.15, 0.2) is 0 Å². The summed E-state index contributed by atoms with van der Waals surface area (Å²) in [6, 6.07) is 0. The summed E-state index contributed by atoms with van der Waals surface area (Å²) in [5.41, 5.74) is 0.257. The zero-order valence-corrected chi connectivity index (χ0v) is 8.97. The Bertz CT molecular complexity index is 219. The number of rotatable bonds is 7. The summed E-state index contributed by atoms with van der Waals surface area (Å²) in [7, 11) is 0. The standard InChI is InChI=1S/C11H18O3/c1-4-6-7-10(12)8-9(3)11(13)14-5-2/h3-8H2,1-2H3. The van der Waals surface area contributed by atoms with Crippen LogP contribution in [0.15, 0.2) is 12.2 Å². The Morgan fingerprint density at radius 1 is 1.29 bits per heavy atom. The third kappa shape index (κ3) is 5.51. The van der Waals surface area contributed by atoms with Crippen LogP contribution in [0.3, 0.4) is 0 Å². The van der Waals surface area contributed by atoms with E-state index in [0.717, 1.165) is 12.8 Å². The van der Waals surface area contributed by atoms with Gasteiger partial charge in [-0.15, -0.1) is 0 Å². The second-order valence-electron chi connectivity index (χ2n) is 3.14. The Morgan fingerprint density at radius 2 is 1.93 bits per heavy atom. The van der Waals surface area contributed by atoms with Crippen molar-refractivity contribution in [3.63, 3.8) is 0 Å². The molecule has 80 valence electrons. The van der Waals surface area contributed by atoms with E-state index in [9.17, 15) is 9.59 Å². The first-order chi connectivity index (χ1) is 6.61. The molecule has 0 amide bonds. The third-order valence-electron chi connectivity index (χ3n) is 1.78. The Balaban J connectivity index is 3.81. The minimum absolute atomic E-state index is 0.0601. The lowest BCUT2D eigenvalue weighted by Gasteiger charge is -2.03. The van der Waals surface area contributed by atoms with Crippen LogP contribution in [0.4, 0.5) is 0 Å². The van der Waals surface area contributed by atoms with Crippen molar-refractivity contribution in [3.8, 4) is 0 Å². The molecular weight excluding hydrogens is 180 g/mol. The van der Waals surface area contributed by atoms with Gasteiger partial charge in [-0.05, 0) is 13.3 Å². The van der Waals surface area contributed by atoms with E-state index in [1.165, 1.54) is 0 Å². The molecule has 0 bridgehead atoms. The van der Waals surface area contributed by atoms with E-state index in [4.69, 9.17) is 4.74 Å². The first-order valence-electron chi connectivity index (χ1n) is 4.98. The van der Waals surface area contributed by atoms with Gasteiger partial charge in [-0.25, -0.2) is 4.79 Å². The molecule has 0 heterocycles. The lowest BCUT2D eigenvalue weighted by molar-refractivity contribution is -0.139. The lowest BCUT2D eigenvalue weighted by Crippen LogP contribution is -2.10. The topological polar surface area (TPSA) is 43.4 Å². The van der Waals surface area contributed by atoms with Gasteiger partial charge in [0.2, 0.25) is 0 Å². The van der Waals surface area contributed by atoms with Crippen molar-refractivity contribution in [2.45, 2.75) is 39.5 Å². The number of carbonyl (C=O) groups excluding carboxylic acids is 2. The molecule has 0 aromatic rings. The second-order valence-corrected chi connectivity index (χ2v) is 3.14. The molecule has 0 aromatic carbocycles. The van der Waals surface area contributed by atoms with Crippen molar-refractivity contribution < 1.29 is 14.3 Å². The maximum absolute atomic E-state index is 11.3. The molecule has 0 fully saturated rings. The Kier molecular flexibility index (Phi) is 6.72. The van der Waals surface area contributed by atoms with Crippen LogP contribution < -0.4 is 0 Å². The molecule has 0 saturated heterocycles. The number of carbonyl (C=O) groups is 2. The average molecular weight is 198 g/mol. The van der Waals surface area contributed by atoms with Crippen LogP contribution in [-0.4, -0.2) is 18.4 Å². The first kappa shape index (κ1) is 12.9. The fraction of sp³-hybridized carbons (Fsp3) is 0.636. The van der Waals surface area contributed by atoms with E-state index in [1.54, 1.807) is 6.92 Å². The molecule has 0 aliphatic rings. The average Bonchev–Trinajstić information content (AvgIpc) is 2.15. The second kappa shape index (κ2) is 7.30. The number of hydrogen-bond donors (Lipinski definition) is 0. The lowest BCUT2D eigenvalue weighted by atomic mass is 10.1. The summed E-state index contributed by atoms with van der Waals surface area (Å²) >= 11 is 0. The highest BCUT2D eigenvalue weighted by Crippen LogP contribution is 2.06. The van der Waals surface area contributed by atoms with E-state index >= 15 is 0 Å². The number of ketones is 1. The largest absolute Gasteiger partial charge is 0.463 e. The van der Waals surface area contributed by atoms with E-state index in [1.807, 2.05) is 6.92 Å². The summed E-state index contributed by atoms with van der Waals surface area (Å²) in [6.45, 7) is 7.59. The molecule has 14 heavy (non-hydrogen) atoms. The maximum atomic E-state index is 11.3. The van der Waals surface area contributed by atoms with Crippen LogP contribution in [0.1, 0.15) is 39.5 Å². The summed E-state index contributed by atoms with van der Waals surface area (Å²) in [5, 5.41) is 0. The van der Waals surface area contributed by atoms with Crippen LogP contribution in [0, 0.1) is 0 Å². The van der Waals surface area contributed by atoms with Crippen molar-refractivity contribution in [2.24, 2.45) is 0 Å². The molecular formula is C11H18O3. The number of esters is 1. The van der Waals surface area contributed by atoms with Crippen molar-refractivity contribution in [3.05, 3.63) is 12.2 Å². The van der Waals surface area contributed by atoms with Crippen LogP contribution >= 0.6 is 0 Å². The van der Waals surface area contributed by atoms with Gasteiger partial charge in [0.25, 0.3) is 0 Å². The molecule has 3 nitrogen and oxygen atoms in total. The van der Waals surface area contributed by atoms with E-state index in [2.05, 4.69) is 6.58 Å². The molecule has 3 heteroatoms. The molecule has 0 aliphatic heterocycles. The molecule has 0 rings (SSSR count). The molecule has 0 spiro atoms. The van der Waals surface area contributed by atoms with Gasteiger partial charge in [-0.1, -0.05) is 19.9 Å². The Morgan fingerprint density at radius 3 is 2.43 bits per heavy atom. The van der Waals surface area contributed by atoms with Gasteiger partial charge in [0.05, 0.1) is 6.61 Å². The van der Waals surface area contributed by atoms with E-state index in [-0.39, 0.29) is 17.8 Å². The third-order valence-corrected chi connectivity index (χ3v) is 1.78. The van der Waals surface area contributed by atoms with Crippen LogP contribution in [0.25, 0.3) is 0 Å². The highest BCUT2D eigenvalue weighted by molar-refractivity contribution is 5.95. The normalized spacial score (nSPS) is 9.57. The van der Waals surface area contributed by atoms with Crippen LogP contribution in [-0.2, 0) is 14.3 Å². The summed E-state index contributed by atoms with van der Waals surface area (Å²) < 4.78 is 4.72. The molecule has 0 saturated carbocycles. The molecule has 0 N–H and O–H groups in total. The summed E-state index contributed by atoms with van der Waals surface area (Å²) in [4.78, 5) is 22.3. The fourth-order valence-electron chi connectivity index (χ4n) is 1.01. The predicted molar refractivity (Wildman–Crippen MR) is 54.9 cm³/mol. The molecule has 0 aromatic heterocycles. The number of Topliss-reactive ketones (excluding diaryl/α,β-unsaturated/α-hetero) is 1. The first-order valence-corrected chi connectivity index (χ1v) is 4.98. The van der Waals surface area contributed by atoms with E-state index < -0.39 is 5.97 Å². The summed E-state index contributed by atoms with van der Waals surface area (Å²) in [5.74, 6) is -0.401. The number of ether oxygens (including phenoxy) is 1. The van der Waals surface area contributed by atoms with Gasteiger partial charge in [-0.2, -0.15) is 0 Å². The molecule has 0 atom stereocenters. The number of hydrogen-bond acceptors (Lipinski definition) is 3. The SMILES string of the molecule is C=C(CC(=O)CCCC)C(=O)OCC. The number of unbranched alkanes of at least 4 members (excludes halogenated alkanes) is 1.